The molecule has 1 unspecified atom stereocenters. The number of aromatic nitrogens is 1. The largest absolute Gasteiger partial charge is 0.372 e. The fraction of sp³-hybridized carbons (Fsp3) is 0.471. The van der Waals surface area contributed by atoms with Crippen LogP contribution in [0, 0.1) is 6.92 Å². The van der Waals surface area contributed by atoms with E-state index in [1.165, 1.54) is 10.9 Å². The van der Waals surface area contributed by atoms with Crippen molar-refractivity contribution in [1.82, 2.24) is 4.98 Å². The highest BCUT2D eigenvalue weighted by molar-refractivity contribution is 5.81. The fourth-order valence-corrected chi connectivity index (χ4v) is 2.86. The molecule has 0 bridgehead atoms. The maximum Gasteiger partial charge on any atom is 0.132 e. The van der Waals surface area contributed by atoms with Crippen molar-refractivity contribution in [2.75, 3.05) is 24.6 Å². The van der Waals surface area contributed by atoms with Gasteiger partial charge in [0.05, 0.1) is 17.7 Å². The molecule has 1 aliphatic rings. The Labute approximate surface area is 120 Å². The van der Waals surface area contributed by atoms with Crippen molar-refractivity contribution in [3.05, 3.63) is 35.9 Å². The van der Waals surface area contributed by atoms with Gasteiger partial charge in [0.2, 0.25) is 0 Å². The number of fused-ring (bicyclic) bond motifs is 1. The van der Waals surface area contributed by atoms with Crippen molar-refractivity contribution in [2.24, 2.45) is 0 Å². The molecule has 3 nitrogen and oxygen atoms in total. The summed E-state index contributed by atoms with van der Waals surface area (Å²) in [5, 5.41) is 1.21. The SMILES string of the molecule is CCC1(C)CN(c2nc3ccccc3cc2C)CCO1. The van der Waals surface area contributed by atoms with Gasteiger partial charge in [0.1, 0.15) is 5.82 Å². The van der Waals surface area contributed by atoms with E-state index in [-0.39, 0.29) is 5.60 Å². The summed E-state index contributed by atoms with van der Waals surface area (Å²) >= 11 is 0. The van der Waals surface area contributed by atoms with Gasteiger partial charge in [-0.1, -0.05) is 25.1 Å². The Morgan fingerprint density at radius 2 is 2.15 bits per heavy atom. The van der Waals surface area contributed by atoms with Gasteiger partial charge in [0.15, 0.2) is 0 Å². The van der Waals surface area contributed by atoms with Crippen molar-refractivity contribution >= 4 is 16.7 Å². The second-order valence-electron chi connectivity index (χ2n) is 5.90. The molecule has 0 saturated carbocycles. The summed E-state index contributed by atoms with van der Waals surface area (Å²) in [5.41, 5.74) is 2.25. The number of nitrogens with zero attached hydrogens (tertiary/aromatic N) is 2. The van der Waals surface area contributed by atoms with Gasteiger partial charge >= 0.3 is 0 Å². The first-order chi connectivity index (χ1) is 9.61. The van der Waals surface area contributed by atoms with E-state index in [0.29, 0.717) is 0 Å². The second kappa shape index (κ2) is 5.06. The maximum absolute atomic E-state index is 5.92. The minimum absolute atomic E-state index is 0.0575. The van der Waals surface area contributed by atoms with Gasteiger partial charge in [-0.3, -0.25) is 0 Å². The molecule has 1 saturated heterocycles. The third kappa shape index (κ3) is 2.38. The molecule has 3 rings (SSSR count). The molecule has 1 atom stereocenters. The summed E-state index contributed by atoms with van der Waals surface area (Å²) in [7, 11) is 0. The average molecular weight is 270 g/mol. The Bertz CT molecular complexity index is 625. The van der Waals surface area contributed by atoms with E-state index in [1.807, 2.05) is 6.07 Å². The Hall–Kier alpha value is -1.61. The lowest BCUT2D eigenvalue weighted by Crippen LogP contribution is -2.50. The van der Waals surface area contributed by atoms with E-state index in [2.05, 4.69) is 49.9 Å². The predicted molar refractivity (Wildman–Crippen MR) is 83.3 cm³/mol. The predicted octanol–water partition coefficient (Wildman–Crippen LogP) is 3.55. The van der Waals surface area contributed by atoms with Crippen LogP contribution in [0.25, 0.3) is 10.9 Å². The highest BCUT2D eigenvalue weighted by Gasteiger charge is 2.31. The molecule has 0 N–H and O–H groups in total. The number of aryl methyl sites for hydroxylation is 1. The van der Waals surface area contributed by atoms with Crippen molar-refractivity contribution in [3.8, 4) is 0 Å². The molecule has 0 aliphatic carbocycles. The zero-order valence-corrected chi connectivity index (χ0v) is 12.5. The molecule has 1 fully saturated rings. The van der Waals surface area contributed by atoms with Crippen molar-refractivity contribution in [2.45, 2.75) is 32.8 Å². The number of hydrogen-bond acceptors (Lipinski definition) is 3. The number of rotatable bonds is 2. The Kier molecular flexibility index (Phi) is 3.38. The highest BCUT2D eigenvalue weighted by Crippen LogP contribution is 2.28. The molecule has 1 aromatic carbocycles. The van der Waals surface area contributed by atoms with E-state index in [9.17, 15) is 0 Å². The summed E-state index contributed by atoms with van der Waals surface area (Å²) in [6.45, 7) is 9.13. The van der Waals surface area contributed by atoms with E-state index in [4.69, 9.17) is 9.72 Å². The molecular weight excluding hydrogens is 248 g/mol. The van der Waals surface area contributed by atoms with Crippen molar-refractivity contribution in [3.63, 3.8) is 0 Å². The summed E-state index contributed by atoms with van der Waals surface area (Å²) in [5.74, 6) is 1.10. The fourth-order valence-electron chi connectivity index (χ4n) is 2.86. The van der Waals surface area contributed by atoms with Gasteiger partial charge in [0, 0.05) is 18.5 Å². The molecule has 1 aromatic heterocycles. The van der Waals surface area contributed by atoms with Crippen LogP contribution in [-0.2, 0) is 4.74 Å². The minimum atomic E-state index is -0.0575. The third-order valence-electron chi connectivity index (χ3n) is 4.27. The zero-order valence-electron chi connectivity index (χ0n) is 12.5. The third-order valence-corrected chi connectivity index (χ3v) is 4.27. The first-order valence-electron chi connectivity index (χ1n) is 7.36. The van der Waals surface area contributed by atoms with Crippen LogP contribution in [0.1, 0.15) is 25.8 Å². The molecule has 1 aliphatic heterocycles. The maximum atomic E-state index is 5.92. The molecular formula is C17H22N2O. The van der Waals surface area contributed by atoms with Crippen LogP contribution in [-0.4, -0.2) is 30.3 Å². The van der Waals surface area contributed by atoms with Crippen molar-refractivity contribution in [1.29, 1.82) is 0 Å². The highest BCUT2D eigenvalue weighted by atomic mass is 16.5. The quantitative estimate of drug-likeness (QED) is 0.834. The van der Waals surface area contributed by atoms with Gasteiger partial charge in [-0.15, -0.1) is 0 Å². The number of hydrogen-bond donors (Lipinski definition) is 0. The normalized spacial score (nSPS) is 23.2. The zero-order chi connectivity index (χ0) is 14.2. The minimum Gasteiger partial charge on any atom is -0.372 e. The molecule has 3 heteroatoms. The number of pyridine rings is 1. The smallest absolute Gasteiger partial charge is 0.132 e. The summed E-state index contributed by atoms with van der Waals surface area (Å²) in [6.07, 6.45) is 1.02. The van der Waals surface area contributed by atoms with Crippen molar-refractivity contribution < 1.29 is 4.74 Å². The molecule has 0 spiro atoms. The monoisotopic (exact) mass is 270 g/mol. The summed E-state index contributed by atoms with van der Waals surface area (Å²) in [6, 6.07) is 10.5. The number of para-hydroxylation sites is 1. The Balaban J connectivity index is 1.99. The van der Waals surface area contributed by atoms with E-state index in [0.717, 1.165) is 37.5 Å². The first kappa shape index (κ1) is 13.4. The lowest BCUT2D eigenvalue weighted by Gasteiger charge is -2.41. The van der Waals surface area contributed by atoms with Gasteiger partial charge in [-0.2, -0.15) is 0 Å². The number of ether oxygens (including phenoxy) is 1. The number of morpholine rings is 1. The molecule has 20 heavy (non-hydrogen) atoms. The van der Waals surface area contributed by atoms with E-state index in [1.54, 1.807) is 0 Å². The Morgan fingerprint density at radius 3 is 2.95 bits per heavy atom. The van der Waals surface area contributed by atoms with Crippen LogP contribution < -0.4 is 4.90 Å². The Morgan fingerprint density at radius 1 is 1.35 bits per heavy atom. The van der Waals surface area contributed by atoms with Crippen LogP contribution in [0.5, 0.6) is 0 Å². The molecule has 106 valence electrons. The lowest BCUT2D eigenvalue weighted by atomic mass is 10.0. The van der Waals surface area contributed by atoms with Gasteiger partial charge in [-0.05, 0) is 38.0 Å². The van der Waals surface area contributed by atoms with Crippen LogP contribution in [0.3, 0.4) is 0 Å². The molecule has 0 radical (unpaired) electrons. The first-order valence-corrected chi connectivity index (χ1v) is 7.36. The van der Waals surface area contributed by atoms with Gasteiger partial charge in [0.25, 0.3) is 0 Å². The van der Waals surface area contributed by atoms with Crippen LogP contribution in [0.2, 0.25) is 0 Å². The average Bonchev–Trinajstić information content (AvgIpc) is 2.46. The van der Waals surface area contributed by atoms with Gasteiger partial charge < -0.3 is 9.64 Å². The topological polar surface area (TPSA) is 25.4 Å². The van der Waals surface area contributed by atoms with Crippen LogP contribution in [0.15, 0.2) is 30.3 Å². The van der Waals surface area contributed by atoms with Crippen LogP contribution in [0.4, 0.5) is 5.82 Å². The molecule has 2 heterocycles. The number of benzene rings is 1. The number of anilines is 1. The van der Waals surface area contributed by atoms with Crippen LogP contribution >= 0.6 is 0 Å². The van der Waals surface area contributed by atoms with E-state index >= 15 is 0 Å². The summed E-state index contributed by atoms with van der Waals surface area (Å²) in [4.78, 5) is 7.24. The summed E-state index contributed by atoms with van der Waals surface area (Å²) < 4.78 is 5.92. The lowest BCUT2D eigenvalue weighted by molar-refractivity contribution is -0.0443. The second-order valence-corrected chi connectivity index (χ2v) is 5.90. The molecule has 0 amide bonds. The van der Waals surface area contributed by atoms with E-state index < -0.39 is 0 Å². The molecule has 2 aromatic rings. The standard InChI is InChI=1S/C17H22N2O/c1-4-17(3)12-19(9-10-20-17)16-13(2)11-14-7-5-6-8-15(14)18-16/h5-8,11H,4,9-10,12H2,1-3H3. The van der Waals surface area contributed by atoms with Gasteiger partial charge in [-0.25, -0.2) is 4.98 Å².